The summed E-state index contributed by atoms with van der Waals surface area (Å²) < 4.78 is 12.8. The molecule has 3 nitrogen and oxygen atoms in total. The van der Waals surface area contributed by atoms with Gasteiger partial charge >= 0.3 is 0 Å². The lowest BCUT2D eigenvalue weighted by molar-refractivity contribution is -0.117. The van der Waals surface area contributed by atoms with Crippen LogP contribution in [0.3, 0.4) is 0 Å². The first-order chi connectivity index (χ1) is 6.91. The van der Waals surface area contributed by atoms with Gasteiger partial charge < -0.3 is 11.1 Å². The number of hydrogen-bond acceptors (Lipinski definition) is 2. The second kappa shape index (κ2) is 4.79. The Balaban J connectivity index is 3.00. The predicted octanol–water partition coefficient (Wildman–Crippen LogP) is 2.42. The van der Waals surface area contributed by atoms with Crippen LogP contribution in [0.2, 0.25) is 10.0 Å². The second-order valence-electron chi connectivity index (χ2n) is 3.02. The number of halogens is 3. The highest BCUT2D eigenvalue weighted by Gasteiger charge is 2.13. The van der Waals surface area contributed by atoms with E-state index in [4.69, 9.17) is 28.9 Å². The van der Waals surface area contributed by atoms with Gasteiger partial charge in [-0.15, -0.1) is 0 Å². The second-order valence-corrected chi connectivity index (χ2v) is 3.84. The van der Waals surface area contributed by atoms with Crippen molar-refractivity contribution >= 4 is 34.8 Å². The first-order valence-corrected chi connectivity index (χ1v) is 4.88. The van der Waals surface area contributed by atoms with Crippen molar-refractivity contribution in [2.75, 3.05) is 5.32 Å². The molecule has 15 heavy (non-hydrogen) atoms. The molecule has 0 saturated heterocycles. The van der Waals surface area contributed by atoms with E-state index in [-0.39, 0.29) is 15.7 Å². The number of nitrogens with two attached hydrogens (primary N) is 1. The van der Waals surface area contributed by atoms with E-state index < -0.39 is 17.8 Å². The molecule has 0 heterocycles. The third-order valence-corrected chi connectivity index (χ3v) is 2.26. The molecule has 82 valence electrons. The third-order valence-electron chi connectivity index (χ3n) is 1.67. The minimum absolute atomic E-state index is 0.0361. The number of benzene rings is 1. The average Bonchev–Trinajstić information content (AvgIpc) is 2.10. The number of carbonyl (C=O) groups is 1. The maximum Gasteiger partial charge on any atom is 0.241 e. The zero-order valence-electron chi connectivity index (χ0n) is 7.85. The maximum atomic E-state index is 12.8. The van der Waals surface area contributed by atoms with E-state index in [1.807, 2.05) is 0 Å². The molecule has 0 aliphatic carbocycles. The van der Waals surface area contributed by atoms with Crippen LogP contribution in [0.25, 0.3) is 0 Å². The van der Waals surface area contributed by atoms with Gasteiger partial charge in [0.15, 0.2) is 0 Å². The van der Waals surface area contributed by atoms with Crippen LogP contribution in [-0.2, 0) is 4.79 Å². The first-order valence-electron chi connectivity index (χ1n) is 4.13. The monoisotopic (exact) mass is 250 g/mol. The van der Waals surface area contributed by atoms with Crippen molar-refractivity contribution in [1.82, 2.24) is 0 Å². The van der Waals surface area contributed by atoms with Crippen molar-refractivity contribution in [3.63, 3.8) is 0 Å². The van der Waals surface area contributed by atoms with Crippen LogP contribution >= 0.6 is 23.2 Å². The summed E-state index contributed by atoms with van der Waals surface area (Å²) in [5.74, 6) is -1.01. The van der Waals surface area contributed by atoms with Gasteiger partial charge in [0.25, 0.3) is 0 Å². The summed E-state index contributed by atoms with van der Waals surface area (Å²) in [6, 6.07) is 1.43. The summed E-state index contributed by atoms with van der Waals surface area (Å²) in [6.45, 7) is 1.51. The summed E-state index contributed by atoms with van der Waals surface area (Å²) >= 11 is 11.4. The van der Waals surface area contributed by atoms with Crippen molar-refractivity contribution < 1.29 is 9.18 Å². The van der Waals surface area contributed by atoms with Gasteiger partial charge in [-0.25, -0.2) is 4.39 Å². The molecule has 6 heteroatoms. The zero-order chi connectivity index (χ0) is 11.6. The number of nitrogens with one attached hydrogen (secondary N) is 1. The standard InChI is InChI=1S/C9H9Cl2FN2O/c1-4(13)9(15)14-8-6(10)2-5(12)3-7(8)11/h2-4H,13H2,1H3,(H,14,15)/t4-/m1/s1. The first kappa shape index (κ1) is 12.2. The Labute approximate surface area is 96.3 Å². The van der Waals surface area contributed by atoms with Crippen molar-refractivity contribution in [1.29, 1.82) is 0 Å². The van der Waals surface area contributed by atoms with Crippen LogP contribution in [0.4, 0.5) is 10.1 Å². The highest BCUT2D eigenvalue weighted by atomic mass is 35.5. The molecular formula is C9H9Cl2FN2O. The van der Waals surface area contributed by atoms with Gasteiger partial charge in [0.05, 0.1) is 21.8 Å². The van der Waals surface area contributed by atoms with Crippen molar-refractivity contribution in [3.05, 3.63) is 28.0 Å². The largest absolute Gasteiger partial charge is 0.322 e. The SMILES string of the molecule is C[C@@H](N)C(=O)Nc1c(Cl)cc(F)cc1Cl. The van der Waals surface area contributed by atoms with Gasteiger partial charge in [-0.1, -0.05) is 23.2 Å². The molecule has 1 atom stereocenters. The quantitative estimate of drug-likeness (QED) is 0.847. The normalized spacial score (nSPS) is 12.3. The molecule has 3 N–H and O–H groups in total. The van der Waals surface area contributed by atoms with Crippen LogP contribution < -0.4 is 11.1 Å². The minimum Gasteiger partial charge on any atom is -0.322 e. The van der Waals surface area contributed by atoms with Crippen molar-refractivity contribution in [2.24, 2.45) is 5.73 Å². The van der Waals surface area contributed by atoms with E-state index in [9.17, 15) is 9.18 Å². The lowest BCUT2D eigenvalue weighted by Crippen LogP contribution is -2.32. The Morgan fingerprint density at radius 3 is 2.33 bits per heavy atom. The molecule has 0 radical (unpaired) electrons. The van der Waals surface area contributed by atoms with Gasteiger partial charge in [-0.05, 0) is 19.1 Å². The molecule has 0 saturated carbocycles. The fraction of sp³-hybridized carbons (Fsp3) is 0.222. The van der Waals surface area contributed by atoms with E-state index in [0.29, 0.717) is 0 Å². The van der Waals surface area contributed by atoms with Crippen LogP contribution in [0.1, 0.15) is 6.92 Å². The lowest BCUT2D eigenvalue weighted by Gasteiger charge is -2.11. The topological polar surface area (TPSA) is 55.1 Å². The average molecular weight is 251 g/mol. The van der Waals surface area contributed by atoms with Crippen molar-refractivity contribution in [3.8, 4) is 0 Å². The molecule has 1 amide bonds. The number of hydrogen-bond donors (Lipinski definition) is 2. The molecule has 0 unspecified atom stereocenters. The van der Waals surface area contributed by atoms with Gasteiger partial charge in [0, 0.05) is 0 Å². The van der Waals surface area contributed by atoms with Crippen molar-refractivity contribution in [2.45, 2.75) is 13.0 Å². The Morgan fingerprint density at radius 2 is 1.93 bits per heavy atom. The van der Waals surface area contributed by atoms with Crippen LogP contribution in [-0.4, -0.2) is 11.9 Å². The molecule has 1 aromatic rings. The van der Waals surface area contributed by atoms with Gasteiger partial charge in [-0.3, -0.25) is 4.79 Å². The van der Waals surface area contributed by atoms with Gasteiger partial charge in [0.2, 0.25) is 5.91 Å². The fourth-order valence-electron chi connectivity index (χ4n) is 0.899. The van der Waals surface area contributed by atoms with E-state index in [2.05, 4.69) is 5.32 Å². The number of amides is 1. The predicted molar refractivity (Wildman–Crippen MR) is 58.7 cm³/mol. The molecule has 1 aromatic carbocycles. The van der Waals surface area contributed by atoms with E-state index in [0.717, 1.165) is 12.1 Å². The Kier molecular flexibility index (Phi) is 3.90. The Hall–Kier alpha value is -0.840. The van der Waals surface area contributed by atoms with E-state index >= 15 is 0 Å². The molecule has 0 bridgehead atoms. The van der Waals surface area contributed by atoms with E-state index in [1.165, 1.54) is 6.92 Å². The van der Waals surface area contributed by atoms with Crippen LogP contribution in [0.15, 0.2) is 12.1 Å². The summed E-state index contributed by atoms with van der Waals surface area (Å²) in [6.07, 6.45) is 0. The van der Waals surface area contributed by atoms with Crippen LogP contribution in [0.5, 0.6) is 0 Å². The highest BCUT2D eigenvalue weighted by Crippen LogP contribution is 2.31. The Morgan fingerprint density at radius 1 is 1.47 bits per heavy atom. The van der Waals surface area contributed by atoms with Gasteiger partial charge in [-0.2, -0.15) is 0 Å². The molecule has 0 aliphatic rings. The summed E-state index contributed by atoms with van der Waals surface area (Å²) in [5.41, 5.74) is 5.51. The van der Waals surface area contributed by atoms with Crippen LogP contribution in [0, 0.1) is 5.82 Å². The maximum absolute atomic E-state index is 12.8. The smallest absolute Gasteiger partial charge is 0.241 e. The minimum atomic E-state index is -0.692. The zero-order valence-corrected chi connectivity index (χ0v) is 9.36. The number of carbonyl (C=O) groups excluding carboxylic acids is 1. The number of rotatable bonds is 2. The Bertz CT molecular complexity index is 373. The molecular weight excluding hydrogens is 242 g/mol. The molecule has 0 aromatic heterocycles. The third kappa shape index (κ3) is 3.06. The molecule has 0 fully saturated rings. The number of anilines is 1. The summed E-state index contributed by atoms with van der Waals surface area (Å²) in [4.78, 5) is 11.3. The van der Waals surface area contributed by atoms with E-state index in [1.54, 1.807) is 0 Å². The fourth-order valence-corrected chi connectivity index (χ4v) is 1.45. The molecule has 0 aliphatic heterocycles. The summed E-state index contributed by atoms with van der Waals surface area (Å²) in [7, 11) is 0. The molecule has 1 rings (SSSR count). The summed E-state index contributed by atoms with van der Waals surface area (Å²) in [5, 5.41) is 2.48. The van der Waals surface area contributed by atoms with Gasteiger partial charge in [0.1, 0.15) is 5.82 Å². The lowest BCUT2D eigenvalue weighted by atomic mass is 10.2. The molecule has 0 spiro atoms. The highest BCUT2D eigenvalue weighted by molar-refractivity contribution is 6.39.